The minimum Gasteiger partial charge on any atom is -0.495 e. The molecule has 1 heterocycles. The Bertz CT molecular complexity index is 1090. The van der Waals surface area contributed by atoms with Gasteiger partial charge in [0.1, 0.15) is 21.5 Å². The number of halogens is 4. The van der Waals surface area contributed by atoms with Crippen LogP contribution in [0.15, 0.2) is 30.3 Å². The molecule has 10 heteroatoms. The largest absolute Gasteiger partial charge is 0.495 e. The van der Waals surface area contributed by atoms with E-state index in [1.54, 1.807) is 12.1 Å². The van der Waals surface area contributed by atoms with Gasteiger partial charge in [-0.05, 0) is 30.3 Å². The first-order valence-electron chi connectivity index (χ1n) is 7.68. The number of benzene rings is 2. The fourth-order valence-corrected chi connectivity index (χ4v) is 4.30. The SMILES string of the molecule is COc1ccc2c(Cl)c(C(=O)OCC(=O)Nc3ccc(F)c(Cl)c3)sc2c1Cl. The minimum atomic E-state index is -0.770. The number of hydrogen-bond donors (Lipinski definition) is 1. The summed E-state index contributed by atoms with van der Waals surface area (Å²) in [6.45, 7) is -0.560. The summed E-state index contributed by atoms with van der Waals surface area (Å²) in [7, 11) is 1.48. The second-order valence-electron chi connectivity index (χ2n) is 5.46. The third-order valence-electron chi connectivity index (χ3n) is 3.64. The molecule has 0 spiro atoms. The Morgan fingerprint density at radius 3 is 2.57 bits per heavy atom. The molecule has 0 saturated heterocycles. The number of rotatable bonds is 5. The van der Waals surface area contributed by atoms with Gasteiger partial charge >= 0.3 is 5.97 Å². The first-order chi connectivity index (χ1) is 13.3. The summed E-state index contributed by atoms with van der Waals surface area (Å²) in [5, 5.41) is 3.40. The van der Waals surface area contributed by atoms with Crippen molar-refractivity contribution in [1.82, 2.24) is 0 Å². The molecular formula is C18H11Cl3FNO4S. The third-order valence-corrected chi connectivity index (χ3v) is 6.13. The highest BCUT2D eigenvalue weighted by molar-refractivity contribution is 7.22. The molecule has 1 N–H and O–H groups in total. The van der Waals surface area contributed by atoms with Crippen LogP contribution in [0.3, 0.4) is 0 Å². The Morgan fingerprint density at radius 2 is 1.89 bits per heavy atom. The highest BCUT2D eigenvalue weighted by atomic mass is 35.5. The maximum atomic E-state index is 13.1. The van der Waals surface area contributed by atoms with Crippen LogP contribution in [-0.4, -0.2) is 25.6 Å². The zero-order valence-corrected chi connectivity index (χ0v) is 17.2. The molecule has 0 aliphatic carbocycles. The van der Waals surface area contributed by atoms with Crippen LogP contribution >= 0.6 is 46.1 Å². The molecule has 1 aromatic heterocycles. The lowest BCUT2D eigenvalue weighted by molar-refractivity contribution is -0.119. The number of methoxy groups -OCH3 is 1. The molecule has 1 amide bonds. The Hall–Kier alpha value is -2.06. The van der Waals surface area contributed by atoms with Gasteiger partial charge in [0.25, 0.3) is 5.91 Å². The number of anilines is 1. The average Bonchev–Trinajstić information content (AvgIpc) is 3.01. The van der Waals surface area contributed by atoms with Crippen LogP contribution in [0.1, 0.15) is 9.67 Å². The number of esters is 1. The van der Waals surface area contributed by atoms with Crippen LogP contribution in [0.4, 0.5) is 10.1 Å². The second kappa shape index (κ2) is 8.53. The summed E-state index contributed by atoms with van der Waals surface area (Å²) in [4.78, 5) is 24.4. The second-order valence-corrected chi connectivity index (χ2v) is 7.64. The molecule has 146 valence electrons. The van der Waals surface area contributed by atoms with Crippen molar-refractivity contribution in [3.63, 3.8) is 0 Å². The molecule has 0 radical (unpaired) electrons. The Kier molecular flexibility index (Phi) is 6.30. The van der Waals surface area contributed by atoms with E-state index in [0.717, 1.165) is 17.4 Å². The van der Waals surface area contributed by atoms with Crippen molar-refractivity contribution < 1.29 is 23.5 Å². The van der Waals surface area contributed by atoms with Crippen molar-refractivity contribution >= 4 is 73.8 Å². The van der Waals surface area contributed by atoms with Crippen molar-refractivity contribution in [3.8, 4) is 5.75 Å². The molecule has 5 nitrogen and oxygen atoms in total. The van der Waals surface area contributed by atoms with E-state index in [1.165, 1.54) is 19.2 Å². The molecule has 0 aliphatic heterocycles. The average molecular weight is 463 g/mol. The van der Waals surface area contributed by atoms with Gasteiger partial charge in [-0.1, -0.05) is 34.8 Å². The van der Waals surface area contributed by atoms with Crippen LogP contribution < -0.4 is 10.1 Å². The summed E-state index contributed by atoms with van der Waals surface area (Å²) >= 11 is 19.2. The van der Waals surface area contributed by atoms with Crippen LogP contribution in [0.25, 0.3) is 10.1 Å². The van der Waals surface area contributed by atoms with Gasteiger partial charge in [-0.15, -0.1) is 11.3 Å². The van der Waals surface area contributed by atoms with Gasteiger partial charge in [-0.25, -0.2) is 9.18 Å². The monoisotopic (exact) mass is 461 g/mol. The van der Waals surface area contributed by atoms with Crippen molar-refractivity contribution in [2.24, 2.45) is 0 Å². The fourth-order valence-electron chi connectivity index (χ4n) is 2.34. The van der Waals surface area contributed by atoms with Gasteiger partial charge in [0, 0.05) is 11.1 Å². The van der Waals surface area contributed by atoms with E-state index in [4.69, 9.17) is 44.3 Å². The van der Waals surface area contributed by atoms with Crippen LogP contribution in [0.5, 0.6) is 5.75 Å². The van der Waals surface area contributed by atoms with Gasteiger partial charge in [0.05, 0.1) is 21.9 Å². The zero-order chi connectivity index (χ0) is 20.4. The van der Waals surface area contributed by atoms with Crippen LogP contribution in [0, 0.1) is 5.82 Å². The first-order valence-corrected chi connectivity index (χ1v) is 9.63. The predicted octanol–water partition coefficient (Wildman–Crippen LogP) is 5.80. The first kappa shape index (κ1) is 20.7. The van der Waals surface area contributed by atoms with E-state index in [1.807, 2.05) is 0 Å². The lowest BCUT2D eigenvalue weighted by Crippen LogP contribution is -2.20. The lowest BCUT2D eigenvalue weighted by atomic mass is 10.2. The van der Waals surface area contributed by atoms with E-state index in [-0.39, 0.29) is 20.6 Å². The van der Waals surface area contributed by atoms with Gasteiger partial charge in [0.15, 0.2) is 6.61 Å². The van der Waals surface area contributed by atoms with E-state index in [0.29, 0.717) is 20.9 Å². The van der Waals surface area contributed by atoms with E-state index < -0.39 is 24.3 Å². The Labute approximate surface area is 177 Å². The van der Waals surface area contributed by atoms with Crippen molar-refractivity contribution in [2.75, 3.05) is 19.0 Å². The minimum absolute atomic E-state index is 0.115. The summed E-state index contributed by atoms with van der Waals surface area (Å²) in [5.74, 6) is -1.55. The smallest absolute Gasteiger partial charge is 0.350 e. The number of carbonyl (C=O) groups excluding carboxylic acids is 2. The molecule has 28 heavy (non-hydrogen) atoms. The van der Waals surface area contributed by atoms with E-state index in [9.17, 15) is 14.0 Å². The Morgan fingerprint density at radius 1 is 1.14 bits per heavy atom. The maximum absolute atomic E-state index is 13.1. The predicted molar refractivity (Wildman–Crippen MR) is 109 cm³/mol. The van der Waals surface area contributed by atoms with Gasteiger partial charge in [-0.3, -0.25) is 4.79 Å². The molecule has 0 fully saturated rings. The van der Waals surface area contributed by atoms with Gasteiger partial charge in [0.2, 0.25) is 0 Å². The topological polar surface area (TPSA) is 64.6 Å². The number of thiophene rings is 1. The zero-order valence-electron chi connectivity index (χ0n) is 14.1. The molecule has 0 aliphatic rings. The molecule has 0 atom stereocenters. The van der Waals surface area contributed by atoms with E-state index >= 15 is 0 Å². The standard InChI is InChI=1S/C18H11Cl3FNO4S/c1-26-12-5-3-9-14(20)17(28-16(9)15(12)21)18(25)27-7-13(24)23-8-2-4-11(22)10(19)6-8/h2-6H,7H2,1H3,(H,23,24). The molecule has 0 unspecified atom stereocenters. The molecule has 3 aromatic rings. The van der Waals surface area contributed by atoms with Crippen LogP contribution in [-0.2, 0) is 9.53 Å². The summed E-state index contributed by atoms with van der Waals surface area (Å²) in [6, 6.07) is 7.01. The molecule has 0 bridgehead atoms. The number of hydrogen-bond acceptors (Lipinski definition) is 5. The van der Waals surface area contributed by atoms with Crippen molar-refractivity contribution in [2.45, 2.75) is 0 Å². The molecule has 3 rings (SSSR count). The van der Waals surface area contributed by atoms with E-state index in [2.05, 4.69) is 5.32 Å². The number of nitrogens with one attached hydrogen (secondary N) is 1. The fraction of sp³-hybridized carbons (Fsp3) is 0.111. The lowest BCUT2D eigenvalue weighted by Gasteiger charge is -2.06. The number of ether oxygens (including phenoxy) is 2. The third kappa shape index (κ3) is 4.17. The quantitative estimate of drug-likeness (QED) is 0.486. The molecular weight excluding hydrogens is 452 g/mol. The van der Waals surface area contributed by atoms with Crippen LogP contribution in [0.2, 0.25) is 15.1 Å². The van der Waals surface area contributed by atoms with Gasteiger partial charge < -0.3 is 14.8 Å². The summed E-state index contributed by atoms with van der Waals surface area (Å²) in [6.07, 6.45) is 0. The number of carbonyl (C=O) groups is 2. The molecule has 2 aromatic carbocycles. The number of amides is 1. The number of fused-ring (bicyclic) bond motifs is 1. The normalized spacial score (nSPS) is 10.8. The highest BCUT2D eigenvalue weighted by Crippen LogP contribution is 2.43. The Balaban J connectivity index is 1.70. The summed E-state index contributed by atoms with van der Waals surface area (Å²) in [5.41, 5.74) is 0.270. The van der Waals surface area contributed by atoms with Gasteiger partial charge in [-0.2, -0.15) is 0 Å². The highest BCUT2D eigenvalue weighted by Gasteiger charge is 2.22. The summed E-state index contributed by atoms with van der Waals surface area (Å²) < 4.78 is 23.9. The van der Waals surface area contributed by atoms with Crippen molar-refractivity contribution in [3.05, 3.63) is 56.1 Å². The maximum Gasteiger partial charge on any atom is 0.350 e. The van der Waals surface area contributed by atoms with Crippen molar-refractivity contribution in [1.29, 1.82) is 0 Å². The molecule has 0 saturated carbocycles.